The zero-order chi connectivity index (χ0) is 22.9. The molecule has 1 aliphatic heterocycles. The van der Waals surface area contributed by atoms with Gasteiger partial charge in [0.15, 0.2) is 0 Å². The first-order valence-electron chi connectivity index (χ1n) is 10.6. The highest BCUT2D eigenvalue weighted by molar-refractivity contribution is 7.89. The summed E-state index contributed by atoms with van der Waals surface area (Å²) in [5.74, 6) is 0.607. The molecule has 0 unspecified atom stereocenters. The van der Waals surface area contributed by atoms with E-state index in [0.717, 1.165) is 36.3 Å². The van der Waals surface area contributed by atoms with E-state index in [2.05, 4.69) is 14.9 Å². The third kappa shape index (κ3) is 3.28. The monoisotopic (exact) mass is 469 g/mol. The summed E-state index contributed by atoms with van der Waals surface area (Å²) >= 11 is 0. The van der Waals surface area contributed by atoms with Gasteiger partial charge >= 0.3 is 15.5 Å². The van der Waals surface area contributed by atoms with Gasteiger partial charge in [-0.2, -0.15) is 17.5 Å². The normalized spacial score (nSPS) is 27.8. The van der Waals surface area contributed by atoms with Crippen molar-refractivity contribution >= 4 is 21.4 Å². The first-order valence-corrected chi connectivity index (χ1v) is 12.0. The predicted octanol–water partition coefficient (Wildman–Crippen LogP) is 3.32. The van der Waals surface area contributed by atoms with E-state index in [-0.39, 0.29) is 24.5 Å². The van der Waals surface area contributed by atoms with Gasteiger partial charge in [-0.1, -0.05) is 0 Å². The fourth-order valence-corrected chi connectivity index (χ4v) is 6.47. The number of nitrogens with one attached hydrogen (secondary N) is 1. The van der Waals surface area contributed by atoms with Gasteiger partial charge in [-0.25, -0.2) is 13.4 Å². The summed E-state index contributed by atoms with van der Waals surface area (Å²) in [6.45, 7) is -0.0751. The Morgan fingerprint density at radius 1 is 1.25 bits per heavy atom. The molecule has 1 aromatic heterocycles. The maximum absolute atomic E-state index is 13.6. The van der Waals surface area contributed by atoms with Gasteiger partial charge in [-0.05, 0) is 54.4 Å². The van der Waals surface area contributed by atoms with Crippen LogP contribution in [0.5, 0.6) is 0 Å². The third-order valence-electron chi connectivity index (χ3n) is 7.31. The molecule has 3 saturated carbocycles. The molecule has 2 heterocycles. The molecule has 4 aliphatic rings. The second-order valence-electron chi connectivity index (χ2n) is 9.51. The van der Waals surface area contributed by atoms with Gasteiger partial charge in [0.1, 0.15) is 0 Å². The number of hydrogen-bond acceptors (Lipinski definition) is 5. The Morgan fingerprint density at radius 2 is 1.97 bits per heavy atom. The van der Waals surface area contributed by atoms with Crippen molar-refractivity contribution in [3.8, 4) is 0 Å². The number of sulfonamides is 1. The molecule has 1 aromatic carbocycles. The van der Waals surface area contributed by atoms with Crippen molar-refractivity contribution in [3.63, 3.8) is 0 Å². The quantitative estimate of drug-likeness (QED) is 0.728. The highest BCUT2D eigenvalue weighted by Gasteiger charge is 2.63. The summed E-state index contributed by atoms with van der Waals surface area (Å²) in [7, 11) is -1.79. The van der Waals surface area contributed by atoms with Gasteiger partial charge in [0.25, 0.3) is 0 Å². The molecule has 3 fully saturated rings. The Bertz CT molecular complexity index is 1100. The fourth-order valence-electron chi connectivity index (χ4n) is 5.53. The largest absolute Gasteiger partial charge is 0.511 e. The topological polar surface area (TPSA) is 72.5 Å². The van der Waals surface area contributed by atoms with Crippen molar-refractivity contribution in [2.45, 2.75) is 43.9 Å². The summed E-state index contributed by atoms with van der Waals surface area (Å²) in [5.41, 5.74) is -2.51. The van der Waals surface area contributed by atoms with Crippen molar-refractivity contribution in [3.05, 3.63) is 42.0 Å². The van der Waals surface area contributed by atoms with Gasteiger partial charge in [-0.15, -0.1) is 0 Å². The minimum Gasteiger partial charge on any atom is -0.378 e. The van der Waals surface area contributed by atoms with Crippen LogP contribution in [0.3, 0.4) is 0 Å². The van der Waals surface area contributed by atoms with Gasteiger partial charge < -0.3 is 14.8 Å². The SMILES string of the molecule is CN(C)c1ccc2c(c1)CN(S(=O)(=O)C(F)(F)F)C[C@H](C13CC(C1)C3)N2Cc1cnc[nH]1. The molecular weight excluding hydrogens is 443 g/mol. The number of halogens is 3. The number of nitrogens with zero attached hydrogens (tertiary/aromatic N) is 4. The van der Waals surface area contributed by atoms with Crippen molar-refractivity contribution in [2.75, 3.05) is 30.4 Å². The lowest BCUT2D eigenvalue weighted by Crippen LogP contribution is -2.66. The van der Waals surface area contributed by atoms with Crippen LogP contribution in [0.1, 0.15) is 30.5 Å². The highest BCUT2D eigenvalue weighted by Crippen LogP contribution is 2.67. The molecule has 0 spiro atoms. The molecule has 0 radical (unpaired) electrons. The zero-order valence-corrected chi connectivity index (χ0v) is 18.7. The smallest absolute Gasteiger partial charge is 0.378 e. The molecular formula is C21H26F3N5O2S. The second kappa shape index (κ2) is 7.11. The number of hydrogen-bond donors (Lipinski definition) is 1. The molecule has 0 saturated heterocycles. The molecule has 174 valence electrons. The number of anilines is 2. The Kier molecular flexibility index (Phi) is 4.79. The van der Waals surface area contributed by atoms with Gasteiger partial charge in [0, 0.05) is 50.8 Å². The molecule has 32 heavy (non-hydrogen) atoms. The van der Waals surface area contributed by atoms with E-state index in [4.69, 9.17) is 0 Å². The van der Waals surface area contributed by atoms with E-state index in [1.807, 2.05) is 31.1 Å². The number of rotatable bonds is 5. The van der Waals surface area contributed by atoms with Gasteiger partial charge in [0.2, 0.25) is 0 Å². The van der Waals surface area contributed by atoms with E-state index in [9.17, 15) is 21.6 Å². The Labute approximate surface area is 185 Å². The van der Waals surface area contributed by atoms with E-state index in [1.54, 1.807) is 18.6 Å². The van der Waals surface area contributed by atoms with Crippen LogP contribution in [0.15, 0.2) is 30.7 Å². The molecule has 6 rings (SSSR count). The molecule has 1 N–H and O–H groups in total. The van der Waals surface area contributed by atoms with Gasteiger partial charge in [0.05, 0.1) is 18.6 Å². The van der Waals surface area contributed by atoms with E-state index in [0.29, 0.717) is 22.3 Å². The summed E-state index contributed by atoms with van der Waals surface area (Å²) < 4.78 is 66.6. The number of imidazole rings is 1. The Morgan fingerprint density at radius 3 is 2.50 bits per heavy atom. The van der Waals surface area contributed by atoms with Crippen LogP contribution in [-0.2, 0) is 23.1 Å². The van der Waals surface area contributed by atoms with Crippen molar-refractivity contribution < 1.29 is 21.6 Å². The molecule has 2 aromatic rings. The average molecular weight is 470 g/mol. The van der Waals surface area contributed by atoms with E-state index < -0.39 is 15.5 Å². The third-order valence-corrected chi connectivity index (χ3v) is 8.85. The average Bonchev–Trinajstić information content (AvgIpc) is 3.09. The van der Waals surface area contributed by atoms with Crippen LogP contribution in [0.4, 0.5) is 24.5 Å². The number of alkyl halides is 3. The minimum absolute atomic E-state index is 0.147. The molecule has 1 atom stereocenters. The first-order chi connectivity index (χ1) is 15.0. The lowest BCUT2D eigenvalue weighted by Gasteiger charge is -2.67. The van der Waals surface area contributed by atoms with E-state index in [1.165, 1.54) is 0 Å². The number of aromatic amines is 1. The summed E-state index contributed by atoms with van der Waals surface area (Å²) in [6, 6.07) is 5.27. The maximum Gasteiger partial charge on any atom is 0.511 e. The van der Waals surface area contributed by atoms with Crippen LogP contribution in [0, 0.1) is 11.3 Å². The van der Waals surface area contributed by atoms with Crippen LogP contribution in [0.2, 0.25) is 0 Å². The van der Waals surface area contributed by atoms with Crippen LogP contribution < -0.4 is 9.80 Å². The Balaban J connectivity index is 1.64. The number of H-pyrrole nitrogens is 1. The summed E-state index contributed by atoms with van der Waals surface area (Å²) in [5, 5.41) is 0. The van der Waals surface area contributed by atoms with Crippen molar-refractivity contribution in [1.29, 1.82) is 0 Å². The number of benzene rings is 1. The fraction of sp³-hybridized carbons (Fsp3) is 0.571. The molecule has 0 amide bonds. The zero-order valence-electron chi connectivity index (χ0n) is 17.9. The first kappa shape index (κ1) is 21.6. The molecule has 11 heteroatoms. The maximum atomic E-state index is 13.6. The molecule has 2 bridgehead atoms. The van der Waals surface area contributed by atoms with Crippen molar-refractivity contribution in [2.24, 2.45) is 11.3 Å². The lowest BCUT2D eigenvalue weighted by molar-refractivity contribution is -0.129. The van der Waals surface area contributed by atoms with Crippen LogP contribution >= 0.6 is 0 Å². The van der Waals surface area contributed by atoms with Crippen molar-refractivity contribution in [1.82, 2.24) is 14.3 Å². The second-order valence-corrected chi connectivity index (χ2v) is 11.4. The van der Waals surface area contributed by atoms with Crippen LogP contribution in [-0.4, -0.2) is 54.9 Å². The summed E-state index contributed by atoms with van der Waals surface area (Å²) in [4.78, 5) is 11.1. The number of fused-ring (bicyclic) bond motifs is 1. The highest BCUT2D eigenvalue weighted by atomic mass is 32.2. The van der Waals surface area contributed by atoms with Gasteiger partial charge in [-0.3, -0.25) is 0 Å². The number of aromatic nitrogens is 2. The summed E-state index contributed by atoms with van der Waals surface area (Å²) in [6.07, 6.45) is 6.06. The molecule has 3 aliphatic carbocycles. The lowest BCUT2D eigenvalue weighted by atomic mass is 9.41. The van der Waals surface area contributed by atoms with E-state index >= 15 is 0 Å². The minimum atomic E-state index is -5.47. The van der Waals surface area contributed by atoms with Crippen LogP contribution in [0.25, 0.3) is 0 Å². The molecule has 7 nitrogen and oxygen atoms in total. The predicted molar refractivity (Wildman–Crippen MR) is 114 cm³/mol. The standard InChI is InChI=1S/C21H26F3N5O2S/c1-27(2)17-3-4-18-15(5-17)10-28(32(30,31)21(22,23)24)12-19(20-6-14(7-20)8-20)29(18)11-16-9-25-13-26-16/h3-5,9,13-14,19H,6-8,10-12H2,1-2H3,(H,25,26)/t14?,19-,20?/m1/s1. The Hall–Kier alpha value is -2.27.